The maximum Gasteiger partial charge on any atom is 0.371 e. The van der Waals surface area contributed by atoms with E-state index in [2.05, 4.69) is 5.32 Å². The van der Waals surface area contributed by atoms with Gasteiger partial charge in [-0.15, -0.1) is 0 Å². The van der Waals surface area contributed by atoms with E-state index in [9.17, 15) is 9.59 Å². The van der Waals surface area contributed by atoms with Crippen molar-refractivity contribution in [1.82, 2.24) is 5.32 Å². The molecule has 1 amide bonds. The van der Waals surface area contributed by atoms with E-state index in [4.69, 9.17) is 14.3 Å². The van der Waals surface area contributed by atoms with Crippen molar-refractivity contribution in [3.05, 3.63) is 23.7 Å². The van der Waals surface area contributed by atoms with Crippen LogP contribution in [0.25, 0.3) is 0 Å². The van der Waals surface area contributed by atoms with Gasteiger partial charge in [0.1, 0.15) is 0 Å². The summed E-state index contributed by atoms with van der Waals surface area (Å²) in [5.41, 5.74) is -0.175. The summed E-state index contributed by atoms with van der Waals surface area (Å²) in [7, 11) is 1.66. The minimum atomic E-state index is -1.19. The molecule has 0 bridgehead atoms. The number of rotatable bonds is 4. The highest BCUT2D eigenvalue weighted by molar-refractivity contribution is 5.93. The highest BCUT2D eigenvalue weighted by Crippen LogP contribution is 2.46. The molecule has 20 heavy (non-hydrogen) atoms. The number of hydrogen-bond acceptors (Lipinski definition) is 4. The summed E-state index contributed by atoms with van der Waals surface area (Å²) in [6, 6.07) is 2.59. The van der Waals surface area contributed by atoms with Crippen LogP contribution in [0.2, 0.25) is 0 Å². The maximum absolute atomic E-state index is 12.1. The van der Waals surface area contributed by atoms with Gasteiger partial charge in [0.2, 0.25) is 5.76 Å². The van der Waals surface area contributed by atoms with E-state index in [1.807, 2.05) is 20.8 Å². The van der Waals surface area contributed by atoms with Crippen molar-refractivity contribution in [3.63, 3.8) is 0 Å². The number of carboxylic acid groups (broad SMARTS) is 1. The van der Waals surface area contributed by atoms with Gasteiger partial charge in [0.25, 0.3) is 5.91 Å². The molecule has 1 aromatic rings. The monoisotopic (exact) mass is 281 g/mol. The smallest absolute Gasteiger partial charge is 0.371 e. The summed E-state index contributed by atoms with van der Waals surface area (Å²) in [5, 5.41) is 11.7. The Hall–Kier alpha value is -1.82. The largest absolute Gasteiger partial charge is 0.475 e. The molecule has 2 rings (SSSR count). The highest BCUT2D eigenvalue weighted by atomic mass is 16.5. The summed E-state index contributed by atoms with van der Waals surface area (Å²) in [6.45, 7) is 6.06. The van der Waals surface area contributed by atoms with E-state index < -0.39 is 11.9 Å². The fraction of sp³-hybridized carbons (Fsp3) is 0.571. The molecule has 0 aromatic carbocycles. The molecule has 1 aliphatic carbocycles. The summed E-state index contributed by atoms with van der Waals surface area (Å²) >= 11 is 0. The van der Waals surface area contributed by atoms with Crippen LogP contribution in [-0.4, -0.2) is 36.2 Å². The van der Waals surface area contributed by atoms with Gasteiger partial charge in [0.05, 0.1) is 6.10 Å². The van der Waals surface area contributed by atoms with E-state index >= 15 is 0 Å². The van der Waals surface area contributed by atoms with Crippen molar-refractivity contribution in [1.29, 1.82) is 0 Å². The van der Waals surface area contributed by atoms with Gasteiger partial charge in [0, 0.05) is 24.5 Å². The minimum Gasteiger partial charge on any atom is -0.475 e. The fourth-order valence-corrected chi connectivity index (χ4v) is 3.21. The molecule has 1 heterocycles. The third kappa shape index (κ3) is 2.20. The molecule has 0 aliphatic heterocycles. The Morgan fingerprint density at radius 2 is 1.95 bits per heavy atom. The Morgan fingerprint density at radius 3 is 2.40 bits per heavy atom. The number of furan rings is 1. The molecule has 110 valence electrons. The van der Waals surface area contributed by atoms with Gasteiger partial charge in [0.15, 0.2) is 5.76 Å². The van der Waals surface area contributed by atoms with Crippen molar-refractivity contribution < 1.29 is 23.8 Å². The molecule has 0 spiro atoms. The lowest BCUT2D eigenvalue weighted by Gasteiger charge is -2.56. The molecule has 1 aliphatic rings. The van der Waals surface area contributed by atoms with E-state index in [-0.39, 0.29) is 35.0 Å². The van der Waals surface area contributed by atoms with Gasteiger partial charge in [-0.25, -0.2) is 4.79 Å². The van der Waals surface area contributed by atoms with Gasteiger partial charge >= 0.3 is 5.97 Å². The molecule has 2 N–H and O–H groups in total. The molecule has 0 saturated heterocycles. The summed E-state index contributed by atoms with van der Waals surface area (Å²) in [4.78, 5) is 22.8. The molecule has 1 aromatic heterocycles. The van der Waals surface area contributed by atoms with Crippen LogP contribution >= 0.6 is 0 Å². The van der Waals surface area contributed by atoms with Crippen molar-refractivity contribution in [2.75, 3.05) is 7.11 Å². The second-order valence-corrected chi connectivity index (χ2v) is 5.76. The average molecular weight is 281 g/mol. The van der Waals surface area contributed by atoms with Gasteiger partial charge < -0.3 is 19.6 Å². The molecular weight excluding hydrogens is 262 g/mol. The van der Waals surface area contributed by atoms with Crippen molar-refractivity contribution >= 4 is 11.9 Å². The van der Waals surface area contributed by atoms with Crippen LogP contribution in [0.4, 0.5) is 0 Å². The van der Waals surface area contributed by atoms with Crippen molar-refractivity contribution in [2.24, 2.45) is 11.3 Å². The molecule has 6 nitrogen and oxygen atoms in total. The van der Waals surface area contributed by atoms with Crippen LogP contribution in [0.5, 0.6) is 0 Å². The Bertz CT molecular complexity index is 533. The first-order valence-electron chi connectivity index (χ1n) is 6.45. The molecule has 1 fully saturated rings. The summed E-state index contributed by atoms with van der Waals surface area (Å²) in [5.74, 6) is -1.65. The minimum absolute atomic E-state index is 0.00580. The first-order chi connectivity index (χ1) is 9.28. The third-order valence-corrected chi connectivity index (χ3v) is 4.12. The Labute approximate surface area is 117 Å². The third-order valence-electron chi connectivity index (χ3n) is 4.12. The molecule has 0 radical (unpaired) electrons. The zero-order valence-electron chi connectivity index (χ0n) is 12.0. The quantitative estimate of drug-likeness (QED) is 0.878. The second kappa shape index (κ2) is 4.94. The number of carbonyl (C=O) groups excluding carboxylic acids is 1. The van der Waals surface area contributed by atoms with Gasteiger partial charge in [-0.3, -0.25) is 4.79 Å². The molecule has 3 atom stereocenters. The topological polar surface area (TPSA) is 88.8 Å². The maximum atomic E-state index is 12.1. The Kier molecular flexibility index (Phi) is 3.60. The lowest BCUT2D eigenvalue weighted by atomic mass is 9.58. The normalized spacial score (nSPS) is 27.7. The standard InChI is InChI=1S/C14H19NO5/c1-7-10(14(2,3)11(7)19-4)15-12(16)8-5-6-9(20-8)13(17)18/h5-7,10-11H,1-4H3,(H,15,16)(H,17,18). The average Bonchev–Trinajstić information content (AvgIpc) is 2.85. The number of aromatic carboxylic acids is 1. The molecular formula is C14H19NO5. The van der Waals surface area contributed by atoms with Crippen LogP contribution in [0.15, 0.2) is 16.5 Å². The van der Waals surface area contributed by atoms with Crippen LogP contribution in [0.1, 0.15) is 41.9 Å². The van der Waals surface area contributed by atoms with E-state index in [1.165, 1.54) is 12.1 Å². The predicted molar refractivity (Wildman–Crippen MR) is 70.7 cm³/mol. The lowest BCUT2D eigenvalue weighted by molar-refractivity contribution is -0.141. The Balaban J connectivity index is 2.07. The Morgan fingerprint density at radius 1 is 1.35 bits per heavy atom. The summed E-state index contributed by atoms with van der Waals surface area (Å²) < 4.78 is 10.4. The lowest BCUT2D eigenvalue weighted by Crippen LogP contribution is -2.67. The number of amides is 1. The van der Waals surface area contributed by atoms with Gasteiger partial charge in [-0.05, 0) is 12.1 Å². The number of hydrogen-bond donors (Lipinski definition) is 2. The fourth-order valence-electron chi connectivity index (χ4n) is 3.21. The predicted octanol–water partition coefficient (Wildman–Crippen LogP) is 1.77. The van der Waals surface area contributed by atoms with Gasteiger partial charge in [-0.2, -0.15) is 0 Å². The zero-order valence-corrected chi connectivity index (χ0v) is 12.0. The number of nitrogens with one attached hydrogen (secondary N) is 1. The van der Waals surface area contributed by atoms with E-state index in [0.29, 0.717) is 0 Å². The summed E-state index contributed by atoms with van der Waals surface area (Å²) in [6.07, 6.45) is 0.0824. The van der Waals surface area contributed by atoms with Crippen LogP contribution < -0.4 is 5.32 Å². The number of methoxy groups -OCH3 is 1. The molecule has 3 unspecified atom stereocenters. The molecule has 6 heteroatoms. The first kappa shape index (κ1) is 14.6. The first-order valence-corrected chi connectivity index (χ1v) is 6.45. The SMILES string of the molecule is COC1C(C)C(NC(=O)c2ccc(C(=O)O)o2)C1(C)C. The van der Waals surface area contributed by atoms with Crippen LogP contribution in [0, 0.1) is 11.3 Å². The van der Waals surface area contributed by atoms with Crippen molar-refractivity contribution in [3.8, 4) is 0 Å². The van der Waals surface area contributed by atoms with Crippen LogP contribution in [0.3, 0.4) is 0 Å². The molecule has 1 saturated carbocycles. The number of ether oxygens (including phenoxy) is 1. The van der Waals surface area contributed by atoms with Crippen molar-refractivity contribution in [2.45, 2.75) is 32.9 Å². The number of carbonyl (C=O) groups is 2. The van der Waals surface area contributed by atoms with E-state index in [0.717, 1.165) is 0 Å². The zero-order chi connectivity index (χ0) is 15.1. The van der Waals surface area contributed by atoms with Crippen LogP contribution in [-0.2, 0) is 4.74 Å². The highest BCUT2D eigenvalue weighted by Gasteiger charge is 2.55. The van der Waals surface area contributed by atoms with E-state index in [1.54, 1.807) is 7.11 Å². The van der Waals surface area contributed by atoms with Gasteiger partial charge in [-0.1, -0.05) is 20.8 Å². The second-order valence-electron chi connectivity index (χ2n) is 5.76. The number of carboxylic acids is 1.